The number of hydrogen-bond donors (Lipinski definition) is 2. The van der Waals surface area contributed by atoms with Gasteiger partial charge in [-0.25, -0.2) is 4.79 Å². The van der Waals surface area contributed by atoms with Crippen LogP contribution in [0.4, 0.5) is 10.6 Å². The third-order valence-electron chi connectivity index (χ3n) is 5.63. The highest BCUT2D eigenvalue weighted by atomic mass is 16.4. The van der Waals surface area contributed by atoms with Gasteiger partial charge in [0.2, 0.25) is 0 Å². The van der Waals surface area contributed by atoms with Crippen LogP contribution >= 0.6 is 0 Å². The number of carboxylic acid groups (broad SMARTS) is 1. The van der Waals surface area contributed by atoms with E-state index in [1.165, 1.54) is 4.90 Å². The number of carbonyl (C=O) groups is 1. The molecule has 0 aliphatic carbocycles. The topological polar surface area (TPSA) is 89.8 Å². The van der Waals surface area contributed by atoms with E-state index in [9.17, 15) is 15.0 Å². The van der Waals surface area contributed by atoms with Crippen molar-refractivity contribution in [2.75, 3.05) is 25.0 Å². The fraction of sp³-hybridized carbons (Fsp3) is 0.318. The Labute approximate surface area is 169 Å². The van der Waals surface area contributed by atoms with E-state index in [2.05, 4.69) is 10.2 Å². The maximum Gasteiger partial charge on any atom is 0.407 e. The Hall–Kier alpha value is -3.35. The smallest absolute Gasteiger partial charge is 0.407 e. The normalized spacial score (nSPS) is 16.8. The zero-order chi connectivity index (χ0) is 20.5. The minimum Gasteiger partial charge on any atom is -0.507 e. The molecule has 0 bridgehead atoms. The van der Waals surface area contributed by atoms with Gasteiger partial charge in [-0.1, -0.05) is 30.3 Å². The van der Waals surface area contributed by atoms with Crippen LogP contribution in [0.5, 0.6) is 5.75 Å². The van der Waals surface area contributed by atoms with Crippen molar-refractivity contribution in [2.45, 2.75) is 25.8 Å². The predicted molar refractivity (Wildman–Crippen MR) is 112 cm³/mol. The highest BCUT2D eigenvalue weighted by Gasteiger charge is 2.28. The number of rotatable bonds is 3. The molecule has 150 valence electrons. The summed E-state index contributed by atoms with van der Waals surface area (Å²) in [4.78, 5) is 14.9. The number of likely N-dealkylation sites (tertiary alicyclic amines) is 1. The van der Waals surface area contributed by atoms with Gasteiger partial charge >= 0.3 is 6.09 Å². The van der Waals surface area contributed by atoms with Crippen LogP contribution in [0.3, 0.4) is 0 Å². The van der Waals surface area contributed by atoms with Gasteiger partial charge in [-0.05, 0) is 37.5 Å². The van der Waals surface area contributed by atoms with E-state index in [-0.39, 0.29) is 11.8 Å². The van der Waals surface area contributed by atoms with Crippen molar-refractivity contribution < 1.29 is 15.0 Å². The molecule has 7 heteroatoms. The van der Waals surface area contributed by atoms with Gasteiger partial charge in [0.1, 0.15) is 11.4 Å². The van der Waals surface area contributed by atoms with Crippen molar-refractivity contribution in [3.8, 4) is 17.0 Å². The first-order chi connectivity index (χ1) is 14.0. The Balaban J connectivity index is 1.76. The quantitative estimate of drug-likeness (QED) is 0.703. The Kier molecular flexibility index (Phi) is 4.96. The summed E-state index contributed by atoms with van der Waals surface area (Å²) in [6, 6.07) is 13.4. The van der Waals surface area contributed by atoms with Crippen LogP contribution in [-0.4, -0.2) is 57.6 Å². The van der Waals surface area contributed by atoms with Crippen molar-refractivity contribution in [2.24, 2.45) is 0 Å². The summed E-state index contributed by atoms with van der Waals surface area (Å²) in [5.41, 5.74) is 2.24. The van der Waals surface area contributed by atoms with Crippen molar-refractivity contribution in [1.29, 1.82) is 0 Å². The van der Waals surface area contributed by atoms with Crippen molar-refractivity contribution >= 4 is 22.7 Å². The number of likely N-dealkylation sites (N-methyl/N-ethyl adjacent to an activating group) is 1. The molecule has 1 saturated heterocycles. The first-order valence-corrected chi connectivity index (χ1v) is 9.72. The lowest BCUT2D eigenvalue weighted by atomic mass is 10.0. The Morgan fingerprint density at radius 1 is 1.17 bits per heavy atom. The lowest BCUT2D eigenvalue weighted by molar-refractivity contribution is 0.130. The van der Waals surface area contributed by atoms with Gasteiger partial charge in [0.05, 0.1) is 0 Å². The molecule has 0 radical (unpaired) electrons. The molecule has 1 fully saturated rings. The first-order valence-electron chi connectivity index (χ1n) is 9.72. The van der Waals surface area contributed by atoms with E-state index in [0.29, 0.717) is 30.2 Å². The number of benzene rings is 2. The first kappa shape index (κ1) is 19.0. The molecule has 29 heavy (non-hydrogen) atoms. The monoisotopic (exact) mass is 392 g/mol. The van der Waals surface area contributed by atoms with E-state index in [4.69, 9.17) is 0 Å². The molecule has 2 aromatic carbocycles. The molecule has 1 aliphatic rings. The molecule has 3 aromatic rings. The second-order valence-electron chi connectivity index (χ2n) is 7.57. The van der Waals surface area contributed by atoms with Gasteiger partial charge in [-0.3, -0.25) is 0 Å². The fourth-order valence-electron chi connectivity index (χ4n) is 4.01. The molecular weight excluding hydrogens is 368 g/mol. The van der Waals surface area contributed by atoms with Crippen molar-refractivity contribution in [3.63, 3.8) is 0 Å². The molecule has 0 unspecified atom stereocenters. The second kappa shape index (κ2) is 7.58. The van der Waals surface area contributed by atoms with Crippen LogP contribution in [0, 0.1) is 6.92 Å². The molecular formula is C22H24N4O3. The molecule has 0 saturated carbocycles. The lowest BCUT2D eigenvalue weighted by Crippen LogP contribution is -2.48. The van der Waals surface area contributed by atoms with Crippen LogP contribution in [-0.2, 0) is 0 Å². The molecule has 2 heterocycles. The minimum atomic E-state index is -0.885. The molecule has 1 aromatic heterocycles. The number of anilines is 1. The highest BCUT2D eigenvalue weighted by molar-refractivity contribution is 6.01. The molecule has 1 amide bonds. The Morgan fingerprint density at radius 3 is 2.66 bits per heavy atom. The lowest BCUT2D eigenvalue weighted by Gasteiger charge is -2.37. The van der Waals surface area contributed by atoms with E-state index in [0.717, 1.165) is 29.2 Å². The number of fused-ring (bicyclic) bond motifs is 1. The fourth-order valence-corrected chi connectivity index (χ4v) is 4.01. The molecule has 2 N–H and O–H groups in total. The van der Waals surface area contributed by atoms with Crippen LogP contribution in [0.2, 0.25) is 0 Å². The number of phenolic OH excluding ortho intramolecular Hbond substituents is 1. The van der Waals surface area contributed by atoms with E-state index in [1.54, 1.807) is 6.07 Å². The van der Waals surface area contributed by atoms with Crippen LogP contribution in [0.15, 0.2) is 42.5 Å². The maximum absolute atomic E-state index is 11.4. The molecule has 4 rings (SSSR count). The predicted octanol–water partition coefficient (Wildman–Crippen LogP) is 3.89. The average molecular weight is 392 g/mol. The Bertz CT molecular complexity index is 1070. The average Bonchev–Trinajstić information content (AvgIpc) is 2.73. The SMILES string of the molecule is Cc1ccc(-c2nnc(N(C)[C@@H]3CCCN(C(=O)O)C3)c3ccccc23)c(O)c1. The number of aromatic hydroxyl groups is 1. The van der Waals surface area contributed by atoms with Gasteiger partial charge in [-0.2, -0.15) is 0 Å². The zero-order valence-corrected chi connectivity index (χ0v) is 16.5. The van der Waals surface area contributed by atoms with E-state index in [1.807, 2.05) is 55.3 Å². The van der Waals surface area contributed by atoms with Gasteiger partial charge < -0.3 is 20.0 Å². The highest BCUT2D eigenvalue weighted by Crippen LogP contribution is 2.36. The summed E-state index contributed by atoms with van der Waals surface area (Å²) < 4.78 is 0. The number of nitrogens with zero attached hydrogens (tertiary/aromatic N) is 4. The zero-order valence-electron chi connectivity index (χ0n) is 16.5. The number of hydrogen-bond acceptors (Lipinski definition) is 5. The number of amides is 1. The third-order valence-corrected chi connectivity index (χ3v) is 5.63. The van der Waals surface area contributed by atoms with Gasteiger partial charge in [0.25, 0.3) is 0 Å². The number of piperidine rings is 1. The summed E-state index contributed by atoms with van der Waals surface area (Å²) in [7, 11) is 1.94. The maximum atomic E-state index is 11.4. The summed E-state index contributed by atoms with van der Waals surface area (Å²) in [5, 5.41) is 30.5. The third kappa shape index (κ3) is 3.55. The molecule has 1 aliphatic heterocycles. The second-order valence-corrected chi connectivity index (χ2v) is 7.57. The largest absolute Gasteiger partial charge is 0.507 e. The van der Waals surface area contributed by atoms with Gasteiger partial charge in [0.15, 0.2) is 5.82 Å². The molecule has 1 atom stereocenters. The van der Waals surface area contributed by atoms with Gasteiger partial charge in [-0.15, -0.1) is 10.2 Å². The Morgan fingerprint density at radius 2 is 1.93 bits per heavy atom. The summed E-state index contributed by atoms with van der Waals surface area (Å²) in [6.45, 7) is 2.94. The minimum absolute atomic E-state index is 0.0381. The number of aromatic nitrogens is 2. The van der Waals surface area contributed by atoms with Crippen molar-refractivity contribution in [3.05, 3.63) is 48.0 Å². The molecule has 0 spiro atoms. The standard InChI is InChI=1S/C22H24N4O3/c1-14-9-10-18(19(27)12-14)20-16-7-3-4-8-17(16)21(24-23-20)25(2)15-6-5-11-26(13-15)22(28)29/h3-4,7-10,12,15,27H,5-6,11,13H2,1-2H3,(H,28,29)/t15-/m1/s1. The summed E-state index contributed by atoms with van der Waals surface area (Å²) in [6.07, 6.45) is 0.836. The number of aryl methyl sites for hydroxylation is 1. The van der Waals surface area contributed by atoms with Crippen LogP contribution < -0.4 is 4.90 Å². The van der Waals surface area contributed by atoms with Crippen molar-refractivity contribution in [1.82, 2.24) is 15.1 Å². The van der Waals surface area contributed by atoms with Crippen LogP contribution in [0.25, 0.3) is 22.0 Å². The van der Waals surface area contributed by atoms with E-state index >= 15 is 0 Å². The summed E-state index contributed by atoms with van der Waals surface area (Å²) in [5.74, 6) is 0.892. The number of phenols is 1. The van der Waals surface area contributed by atoms with E-state index < -0.39 is 6.09 Å². The summed E-state index contributed by atoms with van der Waals surface area (Å²) >= 11 is 0. The molecule has 7 nitrogen and oxygen atoms in total. The van der Waals surface area contributed by atoms with Crippen LogP contribution in [0.1, 0.15) is 18.4 Å². The van der Waals surface area contributed by atoms with Gasteiger partial charge in [0, 0.05) is 42.5 Å².